The van der Waals surface area contributed by atoms with Gasteiger partial charge < -0.3 is 10.0 Å². The van der Waals surface area contributed by atoms with E-state index < -0.39 is 6.09 Å². The van der Waals surface area contributed by atoms with Gasteiger partial charge in [0.1, 0.15) is 0 Å². The van der Waals surface area contributed by atoms with Crippen molar-refractivity contribution in [1.82, 2.24) is 9.88 Å². The lowest BCUT2D eigenvalue weighted by Crippen LogP contribution is -2.48. The van der Waals surface area contributed by atoms with E-state index in [2.05, 4.69) is 4.98 Å². The molecular weight excluding hydrogens is 168 g/mol. The highest BCUT2D eigenvalue weighted by atomic mass is 16.4. The molecule has 68 valence electrons. The average Bonchev–Trinajstić information content (AvgIpc) is 2.02. The fourth-order valence-corrected chi connectivity index (χ4v) is 1.44. The minimum Gasteiger partial charge on any atom is -0.465 e. The van der Waals surface area contributed by atoms with Gasteiger partial charge in [-0.25, -0.2) is 4.79 Å². The third-order valence-electron chi connectivity index (χ3n) is 2.26. The van der Waals surface area contributed by atoms with E-state index in [4.69, 9.17) is 5.11 Å². The molecule has 1 aromatic rings. The highest BCUT2D eigenvalue weighted by Crippen LogP contribution is 2.24. The Hall–Kier alpha value is -1.58. The van der Waals surface area contributed by atoms with Gasteiger partial charge in [0.15, 0.2) is 0 Å². The van der Waals surface area contributed by atoms with Crippen LogP contribution in [0.5, 0.6) is 0 Å². The highest BCUT2D eigenvalue weighted by Gasteiger charge is 2.31. The van der Waals surface area contributed by atoms with E-state index in [1.54, 1.807) is 6.20 Å². The van der Waals surface area contributed by atoms with Crippen LogP contribution in [-0.2, 0) is 0 Å². The number of rotatable bonds is 1. The number of likely N-dealkylation sites (tertiary alicyclic amines) is 1. The molecule has 1 aromatic heterocycles. The summed E-state index contributed by atoms with van der Waals surface area (Å²) >= 11 is 0. The molecule has 0 saturated carbocycles. The summed E-state index contributed by atoms with van der Waals surface area (Å²) < 4.78 is 0. The van der Waals surface area contributed by atoms with Crippen LogP contribution in [0.2, 0.25) is 0 Å². The van der Waals surface area contributed by atoms with E-state index in [1.807, 2.05) is 18.2 Å². The second kappa shape index (κ2) is 3.05. The quantitative estimate of drug-likeness (QED) is 0.702. The molecule has 1 saturated heterocycles. The van der Waals surface area contributed by atoms with Gasteiger partial charge in [0.05, 0.1) is 0 Å². The van der Waals surface area contributed by atoms with E-state index in [-0.39, 0.29) is 5.92 Å². The van der Waals surface area contributed by atoms with Crippen molar-refractivity contribution >= 4 is 6.09 Å². The van der Waals surface area contributed by atoms with E-state index in [9.17, 15) is 4.79 Å². The minimum atomic E-state index is -0.841. The van der Waals surface area contributed by atoms with E-state index in [0.717, 1.165) is 5.69 Å². The molecule has 0 bridgehead atoms. The Bertz CT molecular complexity index is 307. The number of hydrogen-bond donors (Lipinski definition) is 1. The van der Waals surface area contributed by atoms with Crippen molar-refractivity contribution in [2.45, 2.75) is 5.92 Å². The maximum Gasteiger partial charge on any atom is 0.407 e. The molecule has 0 spiro atoms. The van der Waals surface area contributed by atoms with Crippen LogP contribution in [0.1, 0.15) is 11.6 Å². The number of pyridine rings is 1. The fourth-order valence-electron chi connectivity index (χ4n) is 1.44. The second-order valence-electron chi connectivity index (χ2n) is 3.14. The van der Waals surface area contributed by atoms with E-state index >= 15 is 0 Å². The Balaban J connectivity index is 1.98. The smallest absolute Gasteiger partial charge is 0.407 e. The number of aromatic nitrogens is 1. The SMILES string of the molecule is O=C(O)N1CC(c2ccccn2)C1. The molecule has 0 atom stereocenters. The Morgan fingerprint density at radius 3 is 2.85 bits per heavy atom. The zero-order valence-electron chi connectivity index (χ0n) is 7.05. The molecule has 0 aromatic carbocycles. The Morgan fingerprint density at radius 2 is 2.31 bits per heavy atom. The number of amides is 1. The normalized spacial score (nSPS) is 16.8. The van der Waals surface area contributed by atoms with Crippen molar-refractivity contribution in [1.29, 1.82) is 0 Å². The Labute approximate surface area is 75.8 Å². The molecule has 13 heavy (non-hydrogen) atoms. The van der Waals surface area contributed by atoms with Gasteiger partial charge in [-0.1, -0.05) is 6.07 Å². The lowest BCUT2D eigenvalue weighted by molar-refractivity contribution is 0.104. The molecule has 4 heteroatoms. The maximum absolute atomic E-state index is 10.5. The van der Waals surface area contributed by atoms with Crippen molar-refractivity contribution in [2.24, 2.45) is 0 Å². The number of nitrogens with zero attached hydrogens (tertiary/aromatic N) is 2. The summed E-state index contributed by atoms with van der Waals surface area (Å²) in [6.07, 6.45) is 0.894. The van der Waals surface area contributed by atoms with E-state index in [0.29, 0.717) is 13.1 Å². The highest BCUT2D eigenvalue weighted by molar-refractivity contribution is 5.66. The predicted octanol–water partition coefficient (Wildman–Crippen LogP) is 1.16. The van der Waals surface area contributed by atoms with Gasteiger partial charge in [-0.05, 0) is 12.1 Å². The van der Waals surface area contributed by atoms with Crippen LogP contribution >= 0.6 is 0 Å². The van der Waals surface area contributed by atoms with Crippen LogP contribution in [0.25, 0.3) is 0 Å². The maximum atomic E-state index is 10.5. The summed E-state index contributed by atoms with van der Waals surface area (Å²) in [5, 5.41) is 8.60. The minimum absolute atomic E-state index is 0.289. The van der Waals surface area contributed by atoms with Crippen molar-refractivity contribution in [3.63, 3.8) is 0 Å². The molecule has 2 rings (SSSR count). The number of carbonyl (C=O) groups is 1. The summed E-state index contributed by atoms with van der Waals surface area (Å²) in [6.45, 7) is 1.15. The average molecular weight is 178 g/mol. The van der Waals surface area contributed by atoms with Crippen LogP contribution in [-0.4, -0.2) is 34.2 Å². The molecule has 2 heterocycles. The molecule has 0 unspecified atom stereocenters. The first-order valence-electron chi connectivity index (χ1n) is 4.16. The van der Waals surface area contributed by atoms with Crippen LogP contribution in [0.15, 0.2) is 24.4 Å². The van der Waals surface area contributed by atoms with Gasteiger partial charge in [0.2, 0.25) is 0 Å². The molecule has 4 nitrogen and oxygen atoms in total. The third-order valence-corrected chi connectivity index (χ3v) is 2.26. The monoisotopic (exact) mass is 178 g/mol. The van der Waals surface area contributed by atoms with Gasteiger partial charge in [-0.2, -0.15) is 0 Å². The summed E-state index contributed by atoms with van der Waals surface area (Å²) in [5.41, 5.74) is 0.986. The first kappa shape index (κ1) is 8.04. The number of hydrogen-bond acceptors (Lipinski definition) is 2. The van der Waals surface area contributed by atoms with Gasteiger partial charge in [0.25, 0.3) is 0 Å². The summed E-state index contributed by atoms with van der Waals surface area (Å²) in [7, 11) is 0. The van der Waals surface area contributed by atoms with Gasteiger partial charge in [-0.15, -0.1) is 0 Å². The molecule has 1 aliphatic heterocycles. The summed E-state index contributed by atoms with van der Waals surface area (Å²) in [4.78, 5) is 16.0. The molecule has 1 fully saturated rings. The predicted molar refractivity (Wildman–Crippen MR) is 46.6 cm³/mol. The van der Waals surface area contributed by atoms with Crippen LogP contribution in [0.3, 0.4) is 0 Å². The molecule has 1 aliphatic rings. The van der Waals surface area contributed by atoms with Crippen molar-refractivity contribution in [2.75, 3.05) is 13.1 Å². The van der Waals surface area contributed by atoms with Gasteiger partial charge in [-0.3, -0.25) is 4.98 Å². The topological polar surface area (TPSA) is 53.4 Å². The summed E-state index contributed by atoms with van der Waals surface area (Å²) in [6, 6.07) is 5.72. The third kappa shape index (κ3) is 1.47. The second-order valence-corrected chi connectivity index (χ2v) is 3.14. The Morgan fingerprint density at radius 1 is 1.54 bits per heavy atom. The Kier molecular flexibility index (Phi) is 1.88. The molecular formula is C9H10N2O2. The molecule has 0 aliphatic carbocycles. The molecule has 1 N–H and O–H groups in total. The summed E-state index contributed by atoms with van der Waals surface area (Å²) in [5.74, 6) is 0.289. The number of carboxylic acid groups (broad SMARTS) is 1. The van der Waals surface area contributed by atoms with Crippen molar-refractivity contribution < 1.29 is 9.90 Å². The van der Waals surface area contributed by atoms with Crippen LogP contribution in [0, 0.1) is 0 Å². The molecule has 0 radical (unpaired) electrons. The zero-order chi connectivity index (χ0) is 9.26. The zero-order valence-corrected chi connectivity index (χ0v) is 7.05. The van der Waals surface area contributed by atoms with Crippen molar-refractivity contribution in [3.8, 4) is 0 Å². The van der Waals surface area contributed by atoms with Gasteiger partial charge in [0, 0.05) is 30.9 Å². The standard InChI is InChI=1S/C9H10N2O2/c12-9(13)11-5-7(6-11)8-3-1-2-4-10-8/h1-4,7H,5-6H2,(H,12,13). The lowest BCUT2D eigenvalue weighted by Gasteiger charge is -2.36. The van der Waals surface area contributed by atoms with Crippen LogP contribution in [0.4, 0.5) is 4.79 Å². The van der Waals surface area contributed by atoms with Crippen molar-refractivity contribution in [3.05, 3.63) is 30.1 Å². The lowest BCUT2D eigenvalue weighted by atomic mass is 9.96. The largest absolute Gasteiger partial charge is 0.465 e. The van der Waals surface area contributed by atoms with Gasteiger partial charge >= 0.3 is 6.09 Å². The first-order chi connectivity index (χ1) is 6.27. The van der Waals surface area contributed by atoms with E-state index in [1.165, 1.54) is 4.90 Å². The first-order valence-corrected chi connectivity index (χ1v) is 4.16. The fraction of sp³-hybridized carbons (Fsp3) is 0.333. The van der Waals surface area contributed by atoms with Crippen LogP contribution < -0.4 is 0 Å². The molecule has 1 amide bonds.